The normalized spacial score (nSPS) is 10.6. The number of anilines is 2. The fourth-order valence-electron chi connectivity index (χ4n) is 2.66. The number of hydrogen-bond acceptors (Lipinski definition) is 4. The van der Waals surface area contributed by atoms with Gasteiger partial charge in [-0.15, -0.1) is 0 Å². The van der Waals surface area contributed by atoms with E-state index in [1.54, 1.807) is 0 Å². The van der Waals surface area contributed by atoms with Crippen molar-refractivity contribution >= 4 is 27.7 Å². The molecule has 5 heteroatoms. The van der Waals surface area contributed by atoms with Gasteiger partial charge in [-0.3, -0.25) is 10.1 Å². The lowest BCUT2D eigenvalue weighted by Crippen LogP contribution is -2.16. The Balaban J connectivity index is 2.09. The quantitative estimate of drug-likeness (QED) is 0.437. The molecule has 0 aliphatic rings. The average Bonchev–Trinajstić information content (AvgIpc) is 3.03. The molecule has 1 heterocycles. The van der Waals surface area contributed by atoms with Crippen LogP contribution in [0.1, 0.15) is 12.5 Å². The van der Waals surface area contributed by atoms with Crippen molar-refractivity contribution in [1.82, 2.24) is 0 Å². The fraction of sp³-hybridized carbons (Fsp3) is 0.158. The summed E-state index contributed by atoms with van der Waals surface area (Å²) in [6, 6.07) is 19.7. The number of nitrogens with zero attached hydrogens (tertiary/aromatic N) is 2. The second-order valence-corrected chi connectivity index (χ2v) is 6.53. The van der Waals surface area contributed by atoms with E-state index in [1.165, 1.54) is 16.9 Å². The van der Waals surface area contributed by atoms with E-state index in [9.17, 15) is 10.1 Å². The van der Waals surface area contributed by atoms with E-state index in [0.29, 0.717) is 12.2 Å². The van der Waals surface area contributed by atoms with Crippen LogP contribution in [0.25, 0.3) is 10.4 Å². The first-order valence-electron chi connectivity index (χ1n) is 7.78. The fourth-order valence-corrected chi connectivity index (χ4v) is 3.64. The third kappa shape index (κ3) is 3.16. The van der Waals surface area contributed by atoms with Crippen LogP contribution in [0.5, 0.6) is 0 Å². The van der Waals surface area contributed by atoms with E-state index in [2.05, 4.69) is 0 Å². The maximum atomic E-state index is 11.6. The van der Waals surface area contributed by atoms with E-state index in [4.69, 9.17) is 0 Å². The highest BCUT2D eigenvalue weighted by atomic mass is 32.1. The lowest BCUT2D eigenvalue weighted by Gasteiger charge is -2.21. The van der Waals surface area contributed by atoms with Gasteiger partial charge in [-0.05, 0) is 37.6 Å². The molecule has 122 valence electrons. The Kier molecular flexibility index (Phi) is 4.62. The molecule has 4 nitrogen and oxygen atoms in total. The van der Waals surface area contributed by atoms with Crippen LogP contribution >= 0.6 is 11.3 Å². The van der Waals surface area contributed by atoms with Crippen molar-refractivity contribution in [2.75, 3.05) is 11.4 Å². The molecule has 0 bridgehead atoms. The molecule has 3 rings (SSSR count). The van der Waals surface area contributed by atoms with Gasteiger partial charge in [0.2, 0.25) is 0 Å². The molecule has 0 atom stereocenters. The summed E-state index contributed by atoms with van der Waals surface area (Å²) in [4.78, 5) is 14.2. The van der Waals surface area contributed by atoms with E-state index < -0.39 is 0 Å². The standard InChI is InChI=1S/C19H18N2O2S/c1-3-20(16-11-9-14(2)10-12-16)17-13-18(24-19(17)21(22)23)15-7-5-4-6-8-15/h4-13H,3H2,1-2H3. The Morgan fingerprint density at radius 3 is 2.33 bits per heavy atom. The summed E-state index contributed by atoms with van der Waals surface area (Å²) in [6.07, 6.45) is 0. The minimum absolute atomic E-state index is 0.177. The predicted molar refractivity (Wildman–Crippen MR) is 100 cm³/mol. The number of thiophene rings is 1. The maximum absolute atomic E-state index is 11.6. The van der Waals surface area contributed by atoms with Crippen LogP contribution in [0.15, 0.2) is 60.7 Å². The van der Waals surface area contributed by atoms with Gasteiger partial charge in [0.1, 0.15) is 5.69 Å². The summed E-state index contributed by atoms with van der Waals surface area (Å²) in [5, 5.41) is 11.7. The smallest absolute Gasteiger partial charge is 0.335 e. The van der Waals surface area contributed by atoms with E-state index in [-0.39, 0.29) is 9.92 Å². The van der Waals surface area contributed by atoms with Crippen molar-refractivity contribution in [2.24, 2.45) is 0 Å². The molecule has 1 aromatic heterocycles. The monoisotopic (exact) mass is 338 g/mol. The van der Waals surface area contributed by atoms with Gasteiger partial charge in [0.05, 0.1) is 4.92 Å². The zero-order valence-electron chi connectivity index (χ0n) is 13.6. The highest BCUT2D eigenvalue weighted by molar-refractivity contribution is 7.19. The molecule has 0 saturated heterocycles. The minimum atomic E-state index is -0.288. The predicted octanol–water partition coefficient (Wildman–Crippen LogP) is 5.79. The molecule has 0 aliphatic carbocycles. The molecular formula is C19H18N2O2S. The molecule has 0 spiro atoms. The molecule has 2 aromatic carbocycles. The average molecular weight is 338 g/mol. The van der Waals surface area contributed by atoms with E-state index in [0.717, 1.165) is 16.1 Å². The Hall–Kier alpha value is -2.66. The number of aryl methyl sites for hydroxylation is 1. The Morgan fingerprint density at radius 1 is 1.08 bits per heavy atom. The summed E-state index contributed by atoms with van der Waals surface area (Å²) < 4.78 is 0. The van der Waals surface area contributed by atoms with Crippen molar-refractivity contribution in [1.29, 1.82) is 0 Å². The van der Waals surface area contributed by atoms with Gasteiger partial charge in [-0.25, -0.2) is 0 Å². The zero-order valence-corrected chi connectivity index (χ0v) is 14.4. The number of nitro groups is 1. The van der Waals surface area contributed by atoms with Crippen LogP contribution in [0.2, 0.25) is 0 Å². The number of benzene rings is 2. The Bertz CT molecular complexity index is 842. The molecule has 3 aromatic rings. The molecule has 0 fully saturated rings. The molecule has 0 N–H and O–H groups in total. The molecule has 0 unspecified atom stereocenters. The van der Waals surface area contributed by atoms with Crippen molar-refractivity contribution in [2.45, 2.75) is 13.8 Å². The third-order valence-electron chi connectivity index (χ3n) is 3.87. The summed E-state index contributed by atoms with van der Waals surface area (Å²) in [5.74, 6) is 0. The second-order valence-electron chi connectivity index (χ2n) is 5.50. The summed E-state index contributed by atoms with van der Waals surface area (Å²) in [5.41, 5.74) is 3.77. The Labute approximate surface area is 145 Å². The first kappa shape index (κ1) is 16.2. The molecular weight excluding hydrogens is 320 g/mol. The molecule has 0 aliphatic heterocycles. The van der Waals surface area contributed by atoms with Gasteiger partial charge >= 0.3 is 5.00 Å². The SMILES string of the molecule is CCN(c1ccc(C)cc1)c1cc(-c2ccccc2)sc1[N+](=O)[O-]. The maximum Gasteiger partial charge on any atom is 0.348 e. The van der Waals surface area contributed by atoms with Crippen LogP contribution in [0.3, 0.4) is 0 Å². The van der Waals surface area contributed by atoms with Gasteiger partial charge in [-0.2, -0.15) is 0 Å². The molecule has 0 radical (unpaired) electrons. The first-order chi connectivity index (χ1) is 11.6. The van der Waals surface area contributed by atoms with Gasteiger partial charge in [0, 0.05) is 17.1 Å². The minimum Gasteiger partial charge on any atom is -0.335 e. The first-order valence-corrected chi connectivity index (χ1v) is 8.59. The van der Waals surface area contributed by atoms with E-state index in [1.807, 2.05) is 79.4 Å². The van der Waals surface area contributed by atoms with Crippen molar-refractivity contribution < 1.29 is 4.92 Å². The largest absolute Gasteiger partial charge is 0.348 e. The summed E-state index contributed by atoms with van der Waals surface area (Å²) >= 11 is 1.22. The van der Waals surface area contributed by atoms with Gasteiger partial charge < -0.3 is 4.90 Å². The van der Waals surface area contributed by atoms with E-state index >= 15 is 0 Å². The van der Waals surface area contributed by atoms with Crippen LogP contribution in [0.4, 0.5) is 16.4 Å². The Morgan fingerprint density at radius 2 is 1.75 bits per heavy atom. The van der Waals surface area contributed by atoms with Gasteiger partial charge in [0.15, 0.2) is 0 Å². The molecule has 0 saturated carbocycles. The summed E-state index contributed by atoms with van der Waals surface area (Å²) in [7, 11) is 0. The zero-order chi connectivity index (χ0) is 17.1. The topological polar surface area (TPSA) is 46.4 Å². The lowest BCUT2D eigenvalue weighted by atomic mass is 10.1. The summed E-state index contributed by atoms with van der Waals surface area (Å²) in [6.45, 7) is 4.69. The lowest BCUT2D eigenvalue weighted by molar-refractivity contribution is -0.379. The van der Waals surface area contributed by atoms with Crippen LogP contribution < -0.4 is 4.90 Å². The molecule has 24 heavy (non-hydrogen) atoms. The van der Waals surface area contributed by atoms with Gasteiger partial charge in [0.25, 0.3) is 0 Å². The second kappa shape index (κ2) is 6.84. The van der Waals surface area contributed by atoms with Crippen LogP contribution in [-0.4, -0.2) is 11.5 Å². The highest BCUT2D eigenvalue weighted by Gasteiger charge is 2.24. The van der Waals surface area contributed by atoms with Crippen LogP contribution in [-0.2, 0) is 0 Å². The van der Waals surface area contributed by atoms with Crippen molar-refractivity contribution in [3.8, 4) is 10.4 Å². The molecule has 0 amide bonds. The van der Waals surface area contributed by atoms with Crippen LogP contribution in [0, 0.1) is 17.0 Å². The van der Waals surface area contributed by atoms with Gasteiger partial charge in [-0.1, -0.05) is 59.4 Å². The number of rotatable bonds is 5. The van der Waals surface area contributed by atoms with Crippen molar-refractivity contribution in [3.05, 3.63) is 76.3 Å². The third-order valence-corrected chi connectivity index (χ3v) is 5.00. The number of hydrogen-bond donors (Lipinski definition) is 0. The highest BCUT2D eigenvalue weighted by Crippen LogP contribution is 2.44. The van der Waals surface area contributed by atoms with Crippen molar-refractivity contribution in [3.63, 3.8) is 0 Å².